The Kier molecular flexibility index (Phi) is 2.04. The van der Waals surface area contributed by atoms with Gasteiger partial charge in [-0.05, 0) is 18.4 Å². The SMILES string of the molecule is NCc1cc2n(c1)CCCCO2. The van der Waals surface area contributed by atoms with Crippen molar-refractivity contribution >= 4 is 0 Å². The van der Waals surface area contributed by atoms with Crippen molar-refractivity contribution in [3.05, 3.63) is 17.8 Å². The summed E-state index contributed by atoms with van der Waals surface area (Å²) in [4.78, 5) is 0. The highest BCUT2D eigenvalue weighted by Gasteiger charge is 2.08. The van der Waals surface area contributed by atoms with Crippen molar-refractivity contribution in [3.8, 4) is 5.88 Å². The molecule has 2 heterocycles. The second-order valence-electron chi connectivity index (χ2n) is 3.14. The average Bonchev–Trinajstić information content (AvgIpc) is 2.37. The van der Waals surface area contributed by atoms with Gasteiger partial charge in [0.05, 0.1) is 6.61 Å². The third-order valence-electron chi connectivity index (χ3n) is 2.19. The second kappa shape index (κ2) is 3.19. The van der Waals surface area contributed by atoms with E-state index in [0.717, 1.165) is 31.0 Å². The summed E-state index contributed by atoms with van der Waals surface area (Å²) in [5, 5.41) is 0. The Morgan fingerprint density at radius 1 is 1.50 bits per heavy atom. The largest absolute Gasteiger partial charge is 0.479 e. The molecule has 2 rings (SSSR count). The number of nitrogens with two attached hydrogens (primary N) is 1. The number of fused-ring (bicyclic) bond motifs is 1. The molecule has 0 saturated carbocycles. The fraction of sp³-hybridized carbons (Fsp3) is 0.556. The molecule has 0 bridgehead atoms. The van der Waals surface area contributed by atoms with Gasteiger partial charge in [-0.15, -0.1) is 0 Å². The number of hydrogen-bond donors (Lipinski definition) is 1. The Morgan fingerprint density at radius 3 is 3.25 bits per heavy atom. The average molecular weight is 166 g/mol. The van der Waals surface area contributed by atoms with Crippen LogP contribution in [-0.2, 0) is 13.1 Å². The van der Waals surface area contributed by atoms with E-state index in [0.29, 0.717) is 6.54 Å². The zero-order chi connectivity index (χ0) is 8.39. The van der Waals surface area contributed by atoms with E-state index in [-0.39, 0.29) is 0 Å². The molecule has 1 aliphatic rings. The van der Waals surface area contributed by atoms with Gasteiger partial charge < -0.3 is 15.0 Å². The van der Waals surface area contributed by atoms with Gasteiger partial charge in [-0.25, -0.2) is 0 Å². The number of nitrogens with zero attached hydrogens (tertiary/aromatic N) is 1. The lowest BCUT2D eigenvalue weighted by Gasteiger charge is -2.02. The minimum absolute atomic E-state index is 0.601. The molecule has 12 heavy (non-hydrogen) atoms. The zero-order valence-electron chi connectivity index (χ0n) is 7.12. The second-order valence-corrected chi connectivity index (χ2v) is 3.14. The Balaban J connectivity index is 2.26. The maximum atomic E-state index is 5.54. The van der Waals surface area contributed by atoms with Crippen LogP contribution in [0.3, 0.4) is 0 Å². The van der Waals surface area contributed by atoms with Gasteiger partial charge in [-0.3, -0.25) is 0 Å². The molecule has 3 heteroatoms. The van der Waals surface area contributed by atoms with Crippen LogP contribution in [0.25, 0.3) is 0 Å². The van der Waals surface area contributed by atoms with Crippen molar-refractivity contribution in [2.45, 2.75) is 25.9 Å². The van der Waals surface area contributed by atoms with E-state index in [1.807, 2.05) is 6.07 Å². The van der Waals surface area contributed by atoms with Crippen molar-refractivity contribution in [1.29, 1.82) is 0 Å². The summed E-state index contributed by atoms with van der Waals surface area (Å²) in [6, 6.07) is 2.03. The van der Waals surface area contributed by atoms with Crippen molar-refractivity contribution in [2.24, 2.45) is 5.73 Å². The Labute approximate surface area is 72.1 Å². The fourth-order valence-corrected chi connectivity index (χ4v) is 1.51. The highest BCUT2D eigenvalue weighted by Crippen LogP contribution is 2.20. The van der Waals surface area contributed by atoms with Crippen LogP contribution < -0.4 is 10.5 Å². The lowest BCUT2D eigenvalue weighted by atomic mass is 10.3. The van der Waals surface area contributed by atoms with Crippen molar-refractivity contribution in [2.75, 3.05) is 6.61 Å². The van der Waals surface area contributed by atoms with E-state index in [1.54, 1.807) is 0 Å². The third-order valence-corrected chi connectivity index (χ3v) is 2.19. The molecule has 0 spiro atoms. The quantitative estimate of drug-likeness (QED) is 0.679. The number of aryl methyl sites for hydroxylation is 1. The number of hydrogen-bond acceptors (Lipinski definition) is 2. The van der Waals surface area contributed by atoms with Gasteiger partial charge in [0.25, 0.3) is 0 Å². The first-order valence-corrected chi connectivity index (χ1v) is 4.42. The number of aromatic nitrogens is 1. The Hall–Kier alpha value is -0.960. The van der Waals surface area contributed by atoms with Gasteiger partial charge in [0, 0.05) is 25.4 Å². The van der Waals surface area contributed by atoms with Crippen LogP contribution >= 0.6 is 0 Å². The van der Waals surface area contributed by atoms with E-state index in [4.69, 9.17) is 10.5 Å². The predicted octanol–water partition coefficient (Wildman–Crippen LogP) is 1.12. The summed E-state index contributed by atoms with van der Waals surface area (Å²) >= 11 is 0. The van der Waals surface area contributed by atoms with Crippen LogP contribution in [0.5, 0.6) is 5.88 Å². The predicted molar refractivity (Wildman–Crippen MR) is 47.1 cm³/mol. The molecule has 0 aliphatic carbocycles. The molecule has 0 amide bonds. The maximum Gasteiger partial charge on any atom is 0.193 e. The summed E-state index contributed by atoms with van der Waals surface area (Å²) in [5.74, 6) is 0.980. The molecule has 1 aliphatic heterocycles. The lowest BCUT2D eigenvalue weighted by Crippen LogP contribution is -1.96. The van der Waals surface area contributed by atoms with Gasteiger partial charge in [0.1, 0.15) is 0 Å². The monoisotopic (exact) mass is 166 g/mol. The molecule has 0 saturated heterocycles. The first kappa shape index (κ1) is 7.68. The normalized spacial score (nSPS) is 16.4. The van der Waals surface area contributed by atoms with E-state index in [9.17, 15) is 0 Å². The van der Waals surface area contributed by atoms with Crippen molar-refractivity contribution < 1.29 is 4.74 Å². The molecule has 0 atom stereocenters. The summed E-state index contributed by atoms with van der Waals surface area (Å²) < 4.78 is 7.69. The zero-order valence-corrected chi connectivity index (χ0v) is 7.12. The van der Waals surface area contributed by atoms with Crippen LogP contribution in [0.1, 0.15) is 18.4 Å². The highest BCUT2D eigenvalue weighted by atomic mass is 16.5. The maximum absolute atomic E-state index is 5.54. The van der Waals surface area contributed by atoms with Gasteiger partial charge >= 0.3 is 0 Å². The van der Waals surface area contributed by atoms with Gasteiger partial charge in [0.15, 0.2) is 5.88 Å². The van der Waals surface area contributed by atoms with Gasteiger partial charge in [-0.1, -0.05) is 0 Å². The van der Waals surface area contributed by atoms with E-state index < -0.39 is 0 Å². The number of rotatable bonds is 1. The van der Waals surface area contributed by atoms with E-state index in [1.165, 1.54) is 6.42 Å². The first-order chi connectivity index (χ1) is 5.90. The Bertz CT molecular complexity index is 244. The molecule has 1 aromatic rings. The standard InChI is InChI=1S/C9H14N2O/c10-6-8-5-9-11(7-8)3-1-2-4-12-9/h5,7H,1-4,6,10H2. The first-order valence-electron chi connectivity index (χ1n) is 4.42. The molecule has 66 valence electrons. The smallest absolute Gasteiger partial charge is 0.193 e. The van der Waals surface area contributed by atoms with Crippen LogP contribution in [-0.4, -0.2) is 11.2 Å². The van der Waals surface area contributed by atoms with Crippen LogP contribution in [0, 0.1) is 0 Å². The summed E-state index contributed by atoms with van der Waals surface area (Å²) in [6.45, 7) is 2.51. The molecular formula is C9H14N2O. The minimum Gasteiger partial charge on any atom is -0.479 e. The van der Waals surface area contributed by atoms with Gasteiger partial charge in [-0.2, -0.15) is 0 Å². The van der Waals surface area contributed by atoms with Crippen molar-refractivity contribution in [1.82, 2.24) is 4.57 Å². The summed E-state index contributed by atoms with van der Waals surface area (Å²) in [5.41, 5.74) is 6.69. The topological polar surface area (TPSA) is 40.2 Å². The van der Waals surface area contributed by atoms with Crippen molar-refractivity contribution in [3.63, 3.8) is 0 Å². The van der Waals surface area contributed by atoms with Crippen LogP contribution in [0.4, 0.5) is 0 Å². The fourth-order valence-electron chi connectivity index (χ4n) is 1.51. The van der Waals surface area contributed by atoms with Crippen LogP contribution in [0.15, 0.2) is 12.3 Å². The van der Waals surface area contributed by atoms with E-state index in [2.05, 4.69) is 10.8 Å². The molecule has 2 N–H and O–H groups in total. The Morgan fingerprint density at radius 2 is 2.42 bits per heavy atom. The molecule has 0 radical (unpaired) electrons. The van der Waals surface area contributed by atoms with Crippen LogP contribution in [0.2, 0.25) is 0 Å². The molecule has 0 aromatic carbocycles. The molecule has 1 aromatic heterocycles. The van der Waals surface area contributed by atoms with Gasteiger partial charge in [0.2, 0.25) is 0 Å². The third kappa shape index (κ3) is 1.32. The highest BCUT2D eigenvalue weighted by molar-refractivity contribution is 5.23. The molecule has 0 unspecified atom stereocenters. The van der Waals surface area contributed by atoms with E-state index >= 15 is 0 Å². The summed E-state index contributed by atoms with van der Waals surface area (Å²) in [7, 11) is 0. The molecule has 0 fully saturated rings. The minimum atomic E-state index is 0.601. The number of ether oxygens (including phenoxy) is 1. The molecule has 3 nitrogen and oxygen atoms in total. The lowest BCUT2D eigenvalue weighted by molar-refractivity contribution is 0.306. The summed E-state index contributed by atoms with van der Waals surface area (Å²) in [6.07, 6.45) is 4.44. The molecular weight excluding hydrogens is 152 g/mol.